The summed E-state index contributed by atoms with van der Waals surface area (Å²) in [6, 6.07) is 7.58. The maximum absolute atomic E-state index is 14.5. The zero-order valence-electron chi connectivity index (χ0n) is 15.5. The lowest BCUT2D eigenvalue weighted by Crippen LogP contribution is -2.16. The lowest BCUT2D eigenvalue weighted by atomic mass is 9.79. The van der Waals surface area contributed by atoms with Crippen LogP contribution in [0, 0.1) is 30.3 Å². The number of esters is 1. The first-order chi connectivity index (χ1) is 12.9. The highest BCUT2D eigenvalue weighted by atomic mass is 28.1. The molecule has 0 unspecified atom stereocenters. The Morgan fingerprint density at radius 3 is 2.22 bits per heavy atom. The Kier molecular flexibility index (Phi) is 6.04. The van der Waals surface area contributed by atoms with Crippen LogP contribution in [0.3, 0.4) is 0 Å². The van der Waals surface area contributed by atoms with E-state index in [0.29, 0.717) is 11.1 Å². The molecule has 1 saturated carbocycles. The second kappa shape index (κ2) is 8.29. The van der Waals surface area contributed by atoms with E-state index in [1.165, 1.54) is 40.6 Å². The lowest BCUT2D eigenvalue weighted by Gasteiger charge is -2.28. The number of aryl methyl sites for hydroxylation is 1. The summed E-state index contributed by atoms with van der Waals surface area (Å²) in [5.41, 5.74) is 0.236. The van der Waals surface area contributed by atoms with E-state index >= 15 is 0 Å². The summed E-state index contributed by atoms with van der Waals surface area (Å²) in [6.07, 6.45) is 4.00. The van der Waals surface area contributed by atoms with E-state index in [9.17, 15) is 18.0 Å². The van der Waals surface area contributed by atoms with Crippen LogP contribution < -0.4 is 4.74 Å². The third-order valence-electron chi connectivity index (χ3n) is 5.52. The molecule has 3 rings (SSSR count). The van der Waals surface area contributed by atoms with Gasteiger partial charge in [-0.05, 0) is 60.9 Å². The fraction of sp³-hybridized carbons (Fsp3) is 0.381. The van der Waals surface area contributed by atoms with Gasteiger partial charge in [-0.1, -0.05) is 25.0 Å². The highest BCUT2D eigenvalue weighted by Gasteiger charge is 2.26. The van der Waals surface area contributed by atoms with Gasteiger partial charge in [0, 0.05) is 16.3 Å². The molecule has 6 heteroatoms. The van der Waals surface area contributed by atoms with Gasteiger partial charge in [-0.2, -0.15) is 0 Å². The van der Waals surface area contributed by atoms with Crippen molar-refractivity contribution in [3.63, 3.8) is 0 Å². The highest BCUT2D eigenvalue weighted by Crippen LogP contribution is 2.37. The van der Waals surface area contributed by atoms with E-state index in [-0.39, 0.29) is 11.7 Å². The van der Waals surface area contributed by atoms with Crippen LogP contribution in [0.15, 0.2) is 30.3 Å². The van der Waals surface area contributed by atoms with Crippen molar-refractivity contribution >= 4 is 16.2 Å². The minimum Gasteiger partial charge on any atom is -0.423 e. The van der Waals surface area contributed by atoms with Crippen LogP contribution >= 0.6 is 0 Å². The molecule has 2 aromatic carbocycles. The lowest BCUT2D eigenvalue weighted by molar-refractivity contribution is 0.0724. The molecular weight excluding hydrogens is 369 g/mol. The molecule has 0 aliphatic heterocycles. The Hall–Kier alpha value is -2.08. The largest absolute Gasteiger partial charge is 0.423 e. The van der Waals surface area contributed by atoms with E-state index in [0.717, 1.165) is 37.7 Å². The topological polar surface area (TPSA) is 26.3 Å². The van der Waals surface area contributed by atoms with Crippen molar-refractivity contribution in [1.82, 2.24) is 0 Å². The quantitative estimate of drug-likeness (QED) is 0.429. The fourth-order valence-corrected chi connectivity index (χ4v) is 4.54. The highest BCUT2D eigenvalue weighted by molar-refractivity contribution is 6.08. The average Bonchev–Trinajstić information content (AvgIpc) is 2.64. The van der Waals surface area contributed by atoms with Crippen LogP contribution in [-0.4, -0.2) is 16.2 Å². The Balaban J connectivity index is 1.78. The molecule has 2 nitrogen and oxygen atoms in total. The smallest absolute Gasteiger partial charge is 0.349 e. The Morgan fingerprint density at radius 2 is 1.67 bits per heavy atom. The number of halogens is 3. The van der Waals surface area contributed by atoms with Gasteiger partial charge in [0.15, 0.2) is 0 Å². The first kappa shape index (κ1) is 19.7. The molecule has 0 bridgehead atoms. The maximum Gasteiger partial charge on any atom is 0.349 e. The number of benzene rings is 2. The van der Waals surface area contributed by atoms with Crippen LogP contribution in [0.4, 0.5) is 13.2 Å². The van der Waals surface area contributed by atoms with Crippen molar-refractivity contribution < 1.29 is 22.7 Å². The molecule has 1 fully saturated rings. The molecule has 0 atom stereocenters. The summed E-state index contributed by atoms with van der Waals surface area (Å²) in [7, 11) is 1.18. The predicted molar refractivity (Wildman–Crippen MR) is 102 cm³/mol. The first-order valence-electron chi connectivity index (χ1n) is 9.36. The maximum atomic E-state index is 14.5. The molecule has 2 aromatic rings. The molecule has 0 amide bonds. The zero-order chi connectivity index (χ0) is 19.6. The first-order valence-corrected chi connectivity index (χ1v) is 10.8. The van der Waals surface area contributed by atoms with Gasteiger partial charge in [0.25, 0.3) is 0 Å². The average molecular weight is 392 g/mol. The minimum absolute atomic E-state index is 0.0904. The number of carbonyl (C=O) groups is 1. The van der Waals surface area contributed by atoms with E-state index < -0.39 is 29.0 Å². The van der Waals surface area contributed by atoms with Crippen molar-refractivity contribution in [3.8, 4) is 5.75 Å². The van der Waals surface area contributed by atoms with Crippen molar-refractivity contribution in [2.75, 3.05) is 0 Å². The molecule has 144 valence electrons. The van der Waals surface area contributed by atoms with E-state index in [1.807, 2.05) is 0 Å². The van der Waals surface area contributed by atoms with E-state index in [4.69, 9.17) is 4.74 Å². The van der Waals surface area contributed by atoms with Crippen molar-refractivity contribution in [2.24, 2.45) is 5.92 Å². The molecular formula is C21H23F3O2Si. The third-order valence-corrected chi connectivity index (χ3v) is 6.67. The van der Waals surface area contributed by atoms with E-state index in [1.54, 1.807) is 6.92 Å². The molecule has 1 aliphatic carbocycles. The van der Waals surface area contributed by atoms with Crippen LogP contribution in [0.1, 0.15) is 53.1 Å². The molecule has 0 radical (unpaired) electrons. The fourth-order valence-electron chi connectivity index (χ4n) is 3.72. The minimum atomic E-state index is -1.17. The molecule has 27 heavy (non-hydrogen) atoms. The van der Waals surface area contributed by atoms with Crippen LogP contribution in [-0.2, 0) is 0 Å². The molecule has 0 spiro atoms. The van der Waals surface area contributed by atoms with Gasteiger partial charge in [0.05, 0.1) is 0 Å². The third kappa shape index (κ3) is 4.43. The number of carbonyl (C=O) groups excluding carboxylic acids is 1. The summed E-state index contributed by atoms with van der Waals surface area (Å²) in [4.78, 5) is 12.2. The van der Waals surface area contributed by atoms with Crippen LogP contribution in [0.5, 0.6) is 5.75 Å². The number of rotatable bonds is 4. The standard InChI is InChI=1S/C21H23F3O2Si/c1-12-2-7-16(10-17(12)22)26-21(25)20-18(23)8-15(9-19(20)24)14-5-3-13(11-27)4-6-14/h2,7-10,13-14H,3-6,11H2,1,27H3. The summed E-state index contributed by atoms with van der Waals surface area (Å²) in [5.74, 6) is -2.82. The van der Waals surface area contributed by atoms with Gasteiger partial charge < -0.3 is 4.74 Å². The van der Waals surface area contributed by atoms with Crippen molar-refractivity contribution in [2.45, 2.75) is 44.6 Å². The van der Waals surface area contributed by atoms with Gasteiger partial charge >= 0.3 is 5.97 Å². The van der Waals surface area contributed by atoms with Crippen LogP contribution in [0.2, 0.25) is 6.04 Å². The molecule has 0 heterocycles. The summed E-state index contributed by atoms with van der Waals surface area (Å²) in [6.45, 7) is 1.56. The number of hydrogen-bond donors (Lipinski definition) is 0. The summed E-state index contributed by atoms with van der Waals surface area (Å²) in [5, 5.41) is 0. The van der Waals surface area contributed by atoms with Gasteiger partial charge in [-0.3, -0.25) is 0 Å². The summed E-state index contributed by atoms with van der Waals surface area (Å²) < 4.78 is 47.5. The molecule has 0 saturated heterocycles. The Morgan fingerprint density at radius 1 is 1.04 bits per heavy atom. The SMILES string of the molecule is Cc1ccc(OC(=O)c2c(F)cc(C3CCC(C[SiH3])CC3)cc2F)cc1F. The van der Waals surface area contributed by atoms with Gasteiger partial charge in [0.1, 0.15) is 28.8 Å². The van der Waals surface area contributed by atoms with Crippen molar-refractivity contribution in [1.29, 1.82) is 0 Å². The summed E-state index contributed by atoms with van der Waals surface area (Å²) >= 11 is 0. The molecule has 0 aromatic heterocycles. The van der Waals surface area contributed by atoms with Gasteiger partial charge in [-0.15, -0.1) is 0 Å². The van der Waals surface area contributed by atoms with Gasteiger partial charge in [-0.25, -0.2) is 18.0 Å². The van der Waals surface area contributed by atoms with Gasteiger partial charge in [0.2, 0.25) is 0 Å². The second-order valence-electron chi connectivity index (χ2n) is 7.29. The Labute approximate surface area is 160 Å². The molecule has 1 aliphatic rings. The molecule has 0 N–H and O–H groups in total. The van der Waals surface area contributed by atoms with E-state index in [2.05, 4.69) is 0 Å². The second-order valence-corrected chi connectivity index (χ2v) is 8.10. The zero-order valence-corrected chi connectivity index (χ0v) is 17.5. The number of hydrogen-bond acceptors (Lipinski definition) is 2. The Bertz CT molecular complexity index is 822. The normalized spacial score (nSPS) is 19.9. The predicted octanol–water partition coefficient (Wildman–Crippen LogP) is 4.69. The van der Waals surface area contributed by atoms with Crippen LogP contribution in [0.25, 0.3) is 0 Å². The van der Waals surface area contributed by atoms with Crippen molar-refractivity contribution in [3.05, 3.63) is 64.5 Å². The monoisotopic (exact) mass is 392 g/mol. The number of ether oxygens (including phenoxy) is 1.